The third kappa shape index (κ3) is 5.01. The lowest BCUT2D eigenvalue weighted by atomic mass is 9.99. The minimum Gasteiger partial charge on any atom is -0.481 e. The average molecular weight is 278 g/mol. The van der Waals surface area contributed by atoms with Gasteiger partial charge in [-0.3, -0.25) is 9.59 Å². The molecule has 2 atom stereocenters. The number of amides is 1. The van der Waals surface area contributed by atoms with Crippen molar-refractivity contribution >= 4 is 11.9 Å². The second-order valence-electron chi connectivity index (χ2n) is 4.79. The zero-order valence-corrected chi connectivity index (χ0v) is 11.7. The maximum Gasteiger partial charge on any atom is 0.305 e. The van der Waals surface area contributed by atoms with Crippen molar-refractivity contribution in [1.29, 1.82) is 0 Å². The molecule has 0 aliphatic rings. The molecule has 1 aromatic carbocycles. The number of hydrogen-bond donors (Lipinski definition) is 3. The van der Waals surface area contributed by atoms with Crippen LogP contribution in [0, 0.1) is 5.92 Å². The quantitative estimate of drug-likeness (QED) is 0.674. The topological polar surface area (TPSA) is 92.4 Å². The molecule has 110 valence electrons. The standard InChI is InChI=1S/C15H22N2O3/c1-2-6-12(10-16)15(20)17-13(9-14(18)19)11-7-4-3-5-8-11/h3-5,7-8,12-13H,2,6,9-10,16H2,1H3,(H,17,20)(H,18,19). The molecule has 0 heterocycles. The van der Waals surface area contributed by atoms with Gasteiger partial charge in [0.1, 0.15) is 0 Å². The van der Waals surface area contributed by atoms with E-state index in [-0.39, 0.29) is 24.8 Å². The normalized spacial score (nSPS) is 13.5. The smallest absolute Gasteiger partial charge is 0.305 e. The molecule has 0 spiro atoms. The van der Waals surface area contributed by atoms with E-state index < -0.39 is 12.0 Å². The molecule has 0 radical (unpaired) electrons. The SMILES string of the molecule is CCCC(CN)C(=O)NC(CC(=O)O)c1ccccc1. The number of hydrogen-bond acceptors (Lipinski definition) is 3. The highest BCUT2D eigenvalue weighted by molar-refractivity contribution is 5.80. The van der Waals surface area contributed by atoms with Gasteiger partial charge in [0.15, 0.2) is 0 Å². The van der Waals surface area contributed by atoms with Gasteiger partial charge in [0, 0.05) is 6.54 Å². The predicted molar refractivity (Wildman–Crippen MR) is 77.0 cm³/mol. The van der Waals surface area contributed by atoms with Crippen LogP contribution in [0.1, 0.15) is 37.8 Å². The molecule has 0 aliphatic carbocycles. The van der Waals surface area contributed by atoms with Crippen molar-refractivity contribution in [3.63, 3.8) is 0 Å². The molecule has 0 aliphatic heterocycles. The first-order valence-electron chi connectivity index (χ1n) is 6.85. The van der Waals surface area contributed by atoms with E-state index in [1.807, 2.05) is 37.3 Å². The van der Waals surface area contributed by atoms with Crippen molar-refractivity contribution in [2.75, 3.05) is 6.54 Å². The van der Waals surface area contributed by atoms with Gasteiger partial charge in [0.25, 0.3) is 0 Å². The number of carboxylic acid groups (broad SMARTS) is 1. The zero-order chi connectivity index (χ0) is 15.0. The summed E-state index contributed by atoms with van der Waals surface area (Å²) in [6, 6.07) is 8.59. The van der Waals surface area contributed by atoms with Gasteiger partial charge in [-0.05, 0) is 12.0 Å². The summed E-state index contributed by atoms with van der Waals surface area (Å²) in [7, 11) is 0. The maximum absolute atomic E-state index is 12.1. The molecular weight excluding hydrogens is 256 g/mol. The molecule has 5 heteroatoms. The number of benzene rings is 1. The Kier molecular flexibility index (Phi) is 6.73. The van der Waals surface area contributed by atoms with E-state index in [0.717, 1.165) is 12.0 Å². The number of rotatable bonds is 8. The highest BCUT2D eigenvalue weighted by Crippen LogP contribution is 2.18. The largest absolute Gasteiger partial charge is 0.481 e. The van der Waals surface area contributed by atoms with Crippen LogP contribution >= 0.6 is 0 Å². The first-order valence-corrected chi connectivity index (χ1v) is 6.85. The molecule has 0 saturated carbocycles. The number of carbonyl (C=O) groups excluding carboxylic acids is 1. The van der Waals surface area contributed by atoms with Crippen molar-refractivity contribution in [2.45, 2.75) is 32.2 Å². The molecule has 1 aromatic rings. The first kappa shape index (κ1) is 16.2. The summed E-state index contributed by atoms with van der Waals surface area (Å²) in [6.45, 7) is 2.26. The van der Waals surface area contributed by atoms with Crippen LogP contribution < -0.4 is 11.1 Å². The summed E-state index contributed by atoms with van der Waals surface area (Å²) >= 11 is 0. The molecule has 1 rings (SSSR count). The summed E-state index contributed by atoms with van der Waals surface area (Å²) in [6.07, 6.45) is 1.43. The summed E-state index contributed by atoms with van der Waals surface area (Å²) < 4.78 is 0. The summed E-state index contributed by atoms with van der Waals surface area (Å²) in [5.41, 5.74) is 6.39. The van der Waals surface area contributed by atoms with Gasteiger partial charge in [0.05, 0.1) is 18.4 Å². The van der Waals surface area contributed by atoms with Crippen molar-refractivity contribution in [2.24, 2.45) is 11.7 Å². The highest BCUT2D eigenvalue weighted by atomic mass is 16.4. The Morgan fingerprint density at radius 2 is 1.95 bits per heavy atom. The van der Waals surface area contributed by atoms with E-state index in [0.29, 0.717) is 6.42 Å². The van der Waals surface area contributed by atoms with Crippen LogP contribution in [0.25, 0.3) is 0 Å². The van der Waals surface area contributed by atoms with Crippen molar-refractivity contribution < 1.29 is 14.7 Å². The lowest BCUT2D eigenvalue weighted by molar-refractivity contribution is -0.138. The minimum atomic E-state index is -0.945. The van der Waals surface area contributed by atoms with E-state index in [1.54, 1.807) is 0 Å². The van der Waals surface area contributed by atoms with Crippen LogP contribution in [0.3, 0.4) is 0 Å². The second kappa shape index (κ2) is 8.32. The third-order valence-electron chi connectivity index (χ3n) is 3.19. The summed E-state index contributed by atoms with van der Waals surface area (Å²) in [5, 5.41) is 11.8. The van der Waals surface area contributed by atoms with Crippen molar-refractivity contribution in [3.8, 4) is 0 Å². The number of carbonyl (C=O) groups is 2. The van der Waals surface area contributed by atoms with Crippen LogP contribution in [0.15, 0.2) is 30.3 Å². The molecule has 0 bridgehead atoms. The fourth-order valence-corrected chi connectivity index (χ4v) is 2.11. The first-order chi connectivity index (χ1) is 9.58. The Morgan fingerprint density at radius 1 is 1.30 bits per heavy atom. The minimum absolute atomic E-state index is 0.140. The van der Waals surface area contributed by atoms with Crippen molar-refractivity contribution in [3.05, 3.63) is 35.9 Å². The van der Waals surface area contributed by atoms with Gasteiger partial charge in [-0.25, -0.2) is 0 Å². The maximum atomic E-state index is 12.1. The number of carboxylic acids is 1. The number of nitrogens with two attached hydrogens (primary N) is 1. The highest BCUT2D eigenvalue weighted by Gasteiger charge is 2.22. The number of aliphatic carboxylic acids is 1. The lowest BCUT2D eigenvalue weighted by Crippen LogP contribution is -2.38. The monoisotopic (exact) mass is 278 g/mol. The van der Waals surface area contributed by atoms with Crippen LogP contribution in [0.4, 0.5) is 0 Å². The van der Waals surface area contributed by atoms with Gasteiger partial charge in [0.2, 0.25) is 5.91 Å². The Labute approximate surface area is 119 Å². The van der Waals surface area contributed by atoms with Gasteiger partial charge in [-0.2, -0.15) is 0 Å². The van der Waals surface area contributed by atoms with Gasteiger partial charge < -0.3 is 16.2 Å². The Balaban J connectivity index is 2.79. The van der Waals surface area contributed by atoms with E-state index in [1.165, 1.54) is 0 Å². The van der Waals surface area contributed by atoms with Gasteiger partial charge in [-0.15, -0.1) is 0 Å². The third-order valence-corrected chi connectivity index (χ3v) is 3.19. The van der Waals surface area contributed by atoms with E-state index in [9.17, 15) is 9.59 Å². The predicted octanol–water partition coefficient (Wildman–Crippen LogP) is 1.69. The lowest BCUT2D eigenvalue weighted by Gasteiger charge is -2.21. The molecule has 2 unspecified atom stereocenters. The van der Waals surface area contributed by atoms with Gasteiger partial charge >= 0.3 is 5.97 Å². The van der Waals surface area contributed by atoms with E-state index in [4.69, 9.17) is 10.8 Å². The molecule has 0 saturated heterocycles. The van der Waals surface area contributed by atoms with Crippen molar-refractivity contribution in [1.82, 2.24) is 5.32 Å². The molecular formula is C15H22N2O3. The van der Waals surface area contributed by atoms with Crippen LogP contribution in [0.5, 0.6) is 0 Å². The zero-order valence-electron chi connectivity index (χ0n) is 11.7. The second-order valence-corrected chi connectivity index (χ2v) is 4.79. The number of nitrogens with one attached hydrogen (secondary N) is 1. The summed E-state index contributed by atoms with van der Waals surface area (Å²) in [4.78, 5) is 23.1. The Bertz CT molecular complexity index is 434. The Morgan fingerprint density at radius 3 is 2.45 bits per heavy atom. The fourth-order valence-electron chi connectivity index (χ4n) is 2.11. The van der Waals surface area contributed by atoms with E-state index in [2.05, 4.69) is 5.32 Å². The van der Waals surface area contributed by atoms with Crippen LogP contribution in [-0.4, -0.2) is 23.5 Å². The summed E-state index contributed by atoms with van der Waals surface area (Å²) in [5.74, 6) is -1.39. The molecule has 20 heavy (non-hydrogen) atoms. The fraction of sp³-hybridized carbons (Fsp3) is 0.467. The van der Waals surface area contributed by atoms with Crippen LogP contribution in [0.2, 0.25) is 0 Å². The molecule has 0 fully saturated rings. The molecule has 4 N–H and O–H groups in total. The molecule has 5 nitrogen and oxygen atoms in total. The van der Waals surface area contributed by atoms with Gasteiger partial charge in [-0.1, -0.05) is 43.7 Å². The van der Waals surface area contributed by atoms with E-state index >= 15 is 0 Å². The Hall–Kier alpha value is -1.88. The van der Waals surface area contributed by atoms with Crippen LogP contribution in [-0.2, 0) is 9.59 Å². The average Bonchev–Trinajstić information content (AvgIpc) is 2.44. The molecule has 0 aromatic heterocycles. The molecule has 1 amide bonds.